The van der Waals surface area contributed by atoms with Gasteiger partial charge in [-0.2, -0.15) is 0 Å². The highest BCUT2D eigenvalue weighted by molar-refractivity contribution is 8.01. The molecule has 0 saturated carbocycles. The number of halogens is 1. The van der Waals surface area contributed by atoms with Crippen LogP contribution in [0.4, 0.5) is 21.9 Å². The molecule has 0 atom stereocenters. The normalized spacial score (nSPS) is 10.7. The molecular formula is C23H19ClN4O2S2. The van der Waals surface area contributed by atoms with E-state index in [-0.39, 0.29) is 17.7 Å². The molecule has 3 N–H and O–H groups in total. The average Bonchev–Trinajstić information content (AvgIpc) is 3.14. The number of urea groups is 1. The summed E-state index contributed by atoms with van der Waals surface area (Å²) in [4.78, 5) is 29.1. The number of anilines is 3. The van der Waals surface area contributed by atoms with E-state index in [9.17, 15) is 9.59 Å². The highest BCUT2D eigenvalue weighted by Crippen LogP contribution is 2.31. The number of hydrogen-bond acceptors (Lipinski definition) is 5. The Labute approximate surface area is 198 Å². The molecule has 4 rings (SSSR count). The Bertz CT molecular complexity index is 1290. The van der Waals surface area contributed by atoms with E-state index in [1.165, 1.54) is 23.1 Å². The zero-order valence-corrected chi connectivity index (χ0v) is 19.4. The maximum Gasteiger partial charge on any atom is 0.323 e. The van der Waals surface area contributed by atoms with Crippen LogP contribution in [0.15, 0.2) is 71.1 Å². The molecule has 0 radical (unpaired) electrons. The summed E-state index contributed by atoms with van der Waals surface area (Å²) in [5, 5.41) is 9.00. The number of nitrogens with zero attached hydrogens (tertiary/aromatic N) is 1. The lowest BCUT2D eigenvalue weighted by Gasteiger charge is -2.07. The van der Waals surface area contributed by atoms with Crippen LogP contribution >= 0.6 is 34.7 Å². The summed E-state index contributed by atoms with van der Waals surface area (Å²) in [6, 6.07) is 19.8. The number of hydrogen-bond donors (Lipinski definition) is 3. The Morgan fingerprint density at radius 3 is 2.41 bits per heavy atom. The van der Waals surface area contributed by atoms with Crippen LogP contribution in [-0.2, 0) is 4.79 Å². The van der Waals surface area contributed by atoms with Crippen molar-refractivity contribution in [3.05, 3.63) is 77.3 Å². The molecule has 0 bridgehead atoms. The molecule has 32 heavy (non-hydrogen) atoms. The number of aryl methyl sites for hydroxylation is 1. The molecule has 0 fully saturated rings. The maximum atomic E-state index is 12.3. The van der Waals surface area contributed by atoms with Crippen LogP contribution in [0.3, 0.4) is 0 Å². The van der Waals surface area contributed by atoms with Gasteiger partial charge in [0, 0.05) is 22.1 Å². The molecule has 1 heterocycles. The summed E-state index contributed by atoms with van der Waals surface area (Å²) >= 11 is 8.81. The third-order valence-corrected chi connectivity index (χ3v) is 6.73. The standard InChI is InChI=1S/C23H19ClN4O2S2/c1-14-4-2-6-16(10-14)25-21(29)13-31-23-28-19-9-8-18(12-20(19)32-23)27-22(30)26-17-7-3-5-15(24)11-17/h2-12H,13H2,1H3,(H,25,29)(H2,26,27,30). The van der Waals surface area contributed by atoms with E-state index in [1.807, 2.05) is 43.3 Å². The highest BCUT2D eigenvalue weighted by atomic mass is 35.5. The Kier molecular flexibility index (Phi) is 6.94. The average molecular weight is 483 g/mol. The van der Waals surface area contributed by atoms with Crippen LogP contribution in [0.1, 0.15) is 5.56 Å². The molecule has 0 unspecified atom stereocenters. The summed E-state index contributed by atoms with van der Waals surface area (Å²) in [6.45, 7) is 1.98. The van der Waals surface area contributed by atoms with Crippen molar-refractivity contribution in [1.29, 1.82) is 0 Å². The van der Waals surface area contributed by atoms with Gasteiger partial charge >= 0.3 is 6.03 Å². The molecular weight excluding hydrogens is 464 g/mol. The number of thioether (sulfide) groups is 1. The van der Waals surface area contributed by atoms with E-state index in [0.717, 1.165) is 25.8 Å². The number of thiazole rings is 1. The van der Waals surface area contributed by atoms with Gasteiger partial charge in [-0.3, -0.25) is 4.79 Å². The van der Waals surface area contributed by atoms with E-state index < -0.39 is 0 Å². The molecule has 1 aromatic heterocycles. The Morgan fingerprint density at radius 1 is 0.938 bits per heavy atom. The number of rotatable bonds is 6. The lowest BCUT2D eigenvalue weighted by Crippen LogP contribution is -2.19. The van der Waals surface area contributed by atoms with Gasteiger partial charge in [0.05, 0.1) is 16.0 Å². The predicted molar refractivity (Wildman–Crippen MR) is 134 cm³/mol. The fourth-order valence-electron chi connectivity index (χ4n) is 2.95. The van der Waals surface area contributed by atoms with Gasteiger partial charge in [-0.25, -0.2) is 9.78 Å². The van der Waals surface area contributed by atoms with Crippen molar-refractivity contribution in [3.8, 4) is 0 Å². The number of fused-ring (bicyclic) bond motifs is 1. The lowest BCUT2D eigenvalue weighted by atomic mass is 10.2. The van der Waals surface area contributed by atoms with E-state index in [0.29, 0.717) is 16.4 Å². The number of carbonyl (C=O) groups is 2. The van der Waals surface area contributed by atoms with Crippen LogP contribution in [0, 0.1) is 6.92 Å². The number of amides is 3. The zero-order valence-electron chi connectivity index (χ0n) is 17.0. The summed E-state index contributed by atoms with van der Waals surface area (Å²) in [5.41, 5.74) is 3.95. The van der Waals surface area contributed by atoms with Crippen LogP contribution < -0.4 is 16.0 Å². The second kappa shape index (κ2) is 10.0. The largest absolute Gasteiger partial charge is 0.325 e. The van der Waals surface area contributed by atoms with Crippen molar-refractivity contribution in [1.82, 2.24) is 4.98 Å². The van der Waals surface area contributed by atoms with Gasteiger partial charge in [0.15, 0.2) is 4.34 Å². The first-order valence-corrected chi connectivity index (χ1v) is 11.9. The molecule has 6 nitrogen and oxygen atoms in total. The third-order valence-electron chi connectivity index (χ3n) is 4.34. The Morgan fingerprint density at radius 2 is 1.66 bits per heavy atom. The van der Waals surface area contributed by atoms with Gasteiger partial charge in [0.25, 0.3) is 0 Å². The first kappa shape index (κ1) is 22.1. The summed E-state index contributed by atoms with van der Waals surface area (Å²) in [5.74, 6) is 0.181. The number of benzene rings is 3. The van der Waals surface area contributed by atoms with Gasteiger partial charge < -0.3 is 16.0 Å². The molecule has 0 aliphatic rings. The molecule has 9 heteroatoms. The van der Waals surface area contributed by atoms with E-state index >= 15 is 0 Å². The fraction of sp³-hybridized carbons (Fsp3) is 0.0870. The number of aromatic nitrogens is 1. The maximum absolute atomic E-state index is 12.3. The Balaban J connectivity index is 1.35. The molecule has 162 valence electrons. The number of carbonyl (C=O) groups excluding carboxylic acids is 2. The van der Waals surface area contributed by atoms with Gasteiger partial charge in [-0.1, -0.05) is 41.6 Å². The second-order valence-corrected chi connectivity index (χ2v) is 9.65. The van der Waals surface area contributed by atoms with Crippen LogP contribution in [0.5, 0.6) is 0 Å². The Hall–Kier alpha value is -3.07. The first-order chi connectivity index (χ1) is 15.4. The van der Waals surface area contributed by atoms with E-state index in [4.69, 9.17) is 11.6 Å². The third kappa shape index (κ3) is 6.00. The van der Waals surface area contributed by atoms with Crippen molar-refractivity contribution < 1.29 is 9.59 Å². The van der Waals surface area contributed by atoms with Crippen molar-refractivity contribution in [2.45, 2.75) is 11.3 Å². The van der Waals surface area contributed by atoms with Gasteiger partial charge in [-0.05, 0) is 61.0 Å². The summed E-state index contributed by atoms with van der Waals surface area (Å²) in [7, 11) is 0. The SMILES string of the molecule is Cc1cccc(NC(=O)CSc2nc3ccc(NC(=O)Nc4cccc(Cl)c4)cc3s2)c1. The molecule has 0 saturated heterocycles. The van der Waals surface area contributed by atoms with Gasteiger partial charge in [0.1, 0.15) is 0 Å². The second-order valence-electron chi connectivity index (χ2n) is 6.96. The molecule has 3 amide bonds. The molecule has 0 spiro atoms. The van der Waals surface area contributed by atoms with Crippen LogP contribution in [0.25, 0.3) is 10.2 Å². The van der Waals surface area contributed by atoms with Crippen molar-refractivity contribution in [2.75, 3.05) is 21.7 Å². The monoisotopic (exact) mass is 482 g/mol. The van der Waals surface area contributed by atoms with E-state index in [1.54, 1.807) is 30.3 Å². The van der Waals surface area contributed by atoms with Crippen LogP contribution in [0.2, 0.25) is 5.02 Å². The fourth-order valence-corrected chi connectivity index (χ4v) is 5.05. The van der Waals surface area contributed by atoms with Gasteiger partial charge in [-0.15, -0.1) is 11.3 Å². The highest BCUT2D eigenvalue weighted by Gasteiger charge is 2.10. The smallest absolute Gasteiger partial charge is 0.323 e. The molecule has 0 aliphatic carbocycles. The summed E-state index contributed by atoms with van der Waals surface area (Å²) < 4.78 is 1.71. The van der Waals surface area contributed by atoms with Crippen molar-refractivity contribution in [2.24, 2.45) is 0 Å². The van der Waals surface area contributed by atoms with Crippen molar-refractivity contribution >= 4 is 73.9 Å². The predicted octanol–water partition coefficient (Wildman–Crippen LogP) is 6.63. The quantitative estimate of drug-likeness (QED) is 0.269. The summed E-state index contributed by atoms with van der Waals surface area (Å²) in [6.07, 6.45) is 0. The topological polar surface area (TPSA) is 83.1 Å². The van der Waals surface area contributed by atoms with Gasteiger partial charge in [0.2, 0.25) is 5.91 Å². The minimum atomic E-state index is -0.362. The lowest BCUT2D eigenvalue weighted by molar-refractivity contribution is -0.113. The number of nitrogens with one attached hydrogen (secondary N) is 3. The molecule has 0 aliphatic heterocycles. The van der Waals surface area contributed by atoms with Crippen molar-refractivity contribution in [3.63, 3.8) is 0 Å². The minimum absolute atomic E-state index is 0.0834. The molecule has 4 aromatic rings. The van der Waals surface area contributed by atoms with E-state index in [2.05, 4.69) is 20.9 Å². The minimum Gasteiger partial charge on any atom is -0.325 e. The zero-order chi connectivity index (χ0) is 22.5. The van der Waals surface area contributed by atoms with Crippen LogP contribution in [-0.4, -0.2) is 22.7 Å². The molecule has 3 aromatic carbocycles. The first-order valence-electron chi connectivity index (χ1n) is 9.68.